The summed E-state index contributed by atoms with van der Waals surface area (Å²) in [5.41, 5.74) is 2.24. The van der Waals surface area contributed by atoms with Crippen LogP contribution < -0.4 is 4.74 Å². The molecule has 0 bridgehead atoms. The fourth-order valence-electron chi connectivity index (χ4n) is 4.31. The molecule has 31 heavy (non-hydrogen) atoms. The highest BCUT2D eigenvalue weighted by atomic mass is 16.5. The molecule has 2 aliphatic heterocycles. The highest BCUT2D eigenvalue weighted by Crippen LogP contribution is 2.40. The van der Waals surface area contributed by atoms with E-state index in [1.54, 1.807) is 24.3 Å². The normalized spacial score (nSPS) is 19.9. The van der Waals surface area contributed by atoms with E-state index in [0.29, 0.717) is 24.3 Å². The zero-order valence-electron chi connectivity index (χ0n) is 17.6. The van der Waals surface area contributed by atoms with Gasteiger partial charge in [0.05, 0.1) is 18.2 Å². The quantitative estimate of drug-likeness (QED) is 0.314. The van der Waals surface area contributed by atoms with E-state index < -0.39 is 17.7 Å². The number of ether oxygens (including phenoxy) is 1. The van der Waals surface area contributed by atoms with Crippen molar-refractivity contribution < 1.29 is 24.5 Å². The molecule has 162 valence electrons. The zero-order chi connectivity index (χ0) is 22.0. The summed E-state index contributed by atoms with van der Waals surface area (Å²) in [4.78, 5) is 27.4. The number of fused-ring (bicyclic) bond motifs is 1. The molecule has 0 radical (unpaired) electrons. The van der Waals surface area contributed by atoms with Gasteiger partial charge < -0.3 is 19.8 Å². The average molecular weight is 421 g/mol. The molecule has 0 aromatic heterocycles. The number of Topliss-reactive ketones (excluding diaryl/α,β-unsaturated/α-hetero) is 1. The highest BCUT2D eigenvalue weighted by molar-refractivity contribution is 6.46. The molecule has 0 saturated carbocycles. The molecule has 1 atom stereocenters. The Hall–Kier alpha value is -3.28. The lowest BCUT2D eigenvalue weighted by molar-refractivity contribution is -0.139. The molecule has 6 nitrogen and oxygen atoms in total. The molecule has 2 aromatic carbocycles. The second-order valence-corrected chi connectivity index (χ2v) is 8.07. The summed E-state index contributed by atoms with van der Waals surface area (Å²) in [7, 11) is 0. The first-order chi connectivity index (χ1) is 15.0. The van der Waals surface area contributed by atoms with Gasteiger partial charge in [0.25, 0.3) is 11.7 Å². The topological polar surface area (TPSA) is 87.1 Å². The van der Waals surface area contributed by atoms with Crippen molar-refractivity contribution in [2.75, 3.05) is 13.2 Å². The van der Waals surface area contributed by atoms with E-state index in [-0.39, 0.29) is 17.1 Å². The monoisotopic (exact) mass is 421 g/mol. The van der Waals surface area contributed by atoms with Gasteiger partial charge in [-0.05, 0) is 60.7 Å². The highest BCUT2D eigenvalue weighted by Gasteiger charge is 2.45. The fraction of sp³-hybridized carbons (Fsp3) is 0.360. The van der Waals surface area contributed by atoms with Crippen molar-refractivity contribution in [2.45, 2.75) is 45.1 Å². The van der Waals surface area contributed by atoms with Gasteiger partial charge in [0.15, 0.2) is 0 Å². The summed E-state index contributed by atoms with van der Waals surface area (Å²) in [6.45, 7) is 3.17. The number of aliphatic hydroxyl groups is 1. The number of hydrogen-bond donors (Lipinski definition) is 2. The largest absolute Gasteiger partial charge is 0.508 e. The minimum atomic E-state index is -0.690. The maximum absolute atomic E-state index is 13.0. The number of benzene rings is 2. The molecular weight excluding hydrogens is 394 g/mol. The minimum absolute atomic E-state index is 0.0869. The Balaban J connectivity index is 1.79. The molecule has 1 amide bonds. The molecular formula is C25H27NO5. The van der Waals surface area contributed by atoms with E-state index in [2.05, 4.69) is 6.92 Å². The van der Waals surface area contributed by atoms with Crippen LogP contribution in [0.25, 0.3) is 5.76 Å². The summed E-state index contributed by atoms with van der Waals surface area (Å²) in [6, 6.07) is 11.1. The number of carbonyl (C=O) groups excluding carboxylic acids is 2. The Morgan fingerprint density at radius 1 is 1.13 bits per heavy atom. The van der Waals surface area contributed by atoms with E-state index >= 15 is 0 Å². The number of nitrogens with zero attached hydrogens (tertiary/aromatic N) is 1. The number of ketones is 1. The number of likely N-dealkylation sites (tertiary alicyclic amines) is 1. The standard InChI is InChI=1S/C25H27NO5/c1-2-3-4-13-26-22(16-7-10-19(27)11-8-16)21(24(29)25(26)30)23(28)18-9-12-20-17(15-18)6-5-14-31-20/h7-12,15,22,27-28H,2-6,13-14H2,1H3/b23-21-. The van der Waals surface area contributed by atoms with Crippen molar-refractivity contribution in [2.24, 2.45) is 0 Å². The van der Waals surface area contributed by atoms with Gasteiger partial charge in [-0.25, -0.2) is 0 Å². The Morgan fingerprint density at radius 2 is 1.90 bits per heavy atom. The van der Waals surface area contributed by atoms with E-state index in [9.17, 15) is 19.8 Å². The van der Waals surface area contributed by atoms with E-state index in [1.165, 1.54) is 17.0 Å². The molecule has 0 aliphatic carbocycles. The summed E-state index contributed by atoms with van der Waals surface area (Å²) in [6.07, 6.45) is 4.44. The van der Waals surface area contributed by atoms with Crippen molar-refractivity contribution in [1.82, 2.24) is 4.90 Å². The molecule has 2 heterocycles. The number of phenolic OH excluding ortho intramolecular Hbond substituents is 1. The number of hydrogen-bond acceptors (Lipinski definition) is 5. The third kappa shape index (κ3) is 4.02. The molecule has 0 spiro atoms. The van der Waals surface area contributed by atoms with Crippen molar-refractivity contribution in [3.63, 3.8) is 0 Å². The molecule has 2 aromatic rings. The minimum Gasteiger partial charge on any atom is -0.508 e. The number of phenols is 1. The summed E-state index contributed by atoms with van der Waals surface area (Å²) >= 11 is 0. The third-order valence-electron chi connectivity index (χ3n) is 5.93. The predicted molar refractivity (Wildman–Crippen MR) is 117 cm³/mol. The van der Waals surface area contributed by atoms with E-state index in [0.717, 1.165) is 43.4 Å². The van der Waals surface area contributed by atoms with Gasteiger partial charge in [0.1, 0.15) is 17.3 Å². The number of aryl methyl sites for hydroxylation is 1. The van der Waals surface area contributed by atoms with Crippen LogP contribution in [0.2, 0.25) is 0 Å². The van der Waals surface area contributed by atoms with Crippen LogP contribution in [-0.2, 0) is 16.0 Å². The van der Waals surface area contributed by atoms with Gasteiger partial charge in [0, 0.05) is 12.1 Å². The molecule has 4 rings (SSSR count). The average Bonchev–Trinajstić information content (AvgIpc) is 3.04. The molecule has 6 heteroatoms. The lowest BCUT2D eigenvalue weighted by atomic mass is 9.94. The van der Waals surface area contributed by atoms with Gasteiger partial charge in [-0.1, -0.05) is 31.9 Å². The SMILES string of the molecule is CCCCCN1C(=O)C(=O)/C(=C(\O)c2ccc3c(c2)CCCO3)C1c1ccc(O)cc1. The van der Waals surface area contributed by atoms with E-state index in [1.807, 2.05) is 6.07 Å². The smallest absolute Gasteiger partial charge is 0.295 e. The van der Waals surface area contributed by atoms with Crippen molar-refractivity contribution in [1.29, 1.82) is 0 Å². The molecule has 1 fully saturated rings. The third-order valence-corrected chi connectivity index (χ3v) is 5.93. The zero-order valence-corrected chi connectivity index (χ0v) is 17.6. The van der Waals surface area contributed by atoms with Crippen LogP contribution in [0.15, 0.2) is 48.0 Å². The van der Waals surface area contributed by atoms with Gasteiger partial charge in [-0.2, -0.15) is 0 Å². The number of amides is 1. The Labute approximate surface area is 181 Å². The molecule has 1 saturated heterocycles. The predicted octanol–water partition coefficient (Wildman–Crippen LogP) is 4.33. The van der Waals surface area contributed by atoms with Crippen LogP contribution in [0.5, 0.6) is 11.5 Å². The maximum Gasteiger partial charge on any atom is 0.295 e. The number of aromatic hydroxyl groups is 1. The maximum atomic E-state index is 13.0. The first-order valence-corrected chi connectivity index (χ1v) is 10.8. The first-order valence-electron chi connectivity index (χ1n) is 10.8. The molecule has 2 N–H and O–H groups in total. The lowest BCUT2D eigenvalue weighted by Crippen LogP contribution is -2.30. The van der Waals surface area contributed by atoms with Crippen LogP contribution in [-0.4, -0.2) is 40.0 Å². The number of rotatable bonds is 6. The van der Waals surface area contributed by atoms with Gasteiger partial charge in [-0.15, -0.1) is 0 Å². The Morgan fingerprint density at radius 3 is 2.65 bits per heavy atom. The summed E-state index contributed by atoms with van der Waals surface area (Å²) < 4.78 is 5.64. The number of carbonyl (C=O) groups is 2. The van der Waals surface area contributed by atoms with Crippen LogP contribution in [0.3, 0.4) is 0 Å². The van der Waals surface area contributed by atoms with Crippen LogP contribution in [0.4, 0.5) is 0 Å². The second kappa shape index (κ2) is 8.84. The van der Waals surface area contributed by atoms with Crippen molar-refractivity contribution >= 4 is 17.4 Å². The van der Waals surface area contributed by atoms with Crippen LogP contribution in [0.1, 0.15) is 55.3 Å². The lowest BCUT2D eigenvalue weighted by Gasteiger charge is -2.25. The van der Waals surface area contributed by atoms with E-state index in [4.69, 9.17) is 4.74 Å². The summed E-state index contributed by atoms with van der Waals surface area (Å²) in [5, 5.41) is 20.9. The number of aliphatic hydroxyl groups excluding tert-OH is 1. The fourth-order valence-corrected chi connectivity index (χ4v) is 4.31. The van der Waals surface area contributed by atoms with Crippen LogP contribution >= 0.6 is 0 Å². The van der Waals surface area contributed by atoms with Gasteiger partial charge in [-0.3, -0.25) is 9.59 Å². The first kappa shape index (κ1) is 21.0. The summed E-state index contributed by atoms with van der Waals surface area (Å²) in [5.74, 6) is -0.569. The Kier molecular flexibility index (Phi) is 5.98. The second-order valence-electron chi connectivity index (χ2n) is 8.07. The Bertz CT molecular complexity index is 1020. The van der Waals surface area contributed by atoms with Crippen LogP contribution in [0, 0.1) is 0 Å². The van der Waals surface area contributed by atoms with Gasteiger partial charge >= 0.3 is 0 Å². The molecule has 1 unspecified atom stereocenters. The van der Waals surface area contributed by atoms with Crippen molar-refractivity contribution in [3.8, 4) is 11.5 Å². The van der Waals surface area contributed by atoms with Crippen molar-refractivity contribution in [3.05, 3.63) is 64.7 Å². The van der Waals surface area contributed by atoms with Gasteiger partial charge in [0.2, 0.25) is 0 Å². The molecule has 2 aliphatic rings. The number of unbranched alkanes of at least 4 members (excludes halogenated alkanes) is 2.